The lowest BCUT2D eigenvalue weighted by Gasteiger charge is -2.17. The van der Waals surface area contributed by atoms with E-state index >= 15 is 0 Å². The average molecular weight is 205 g/mol. The van der Waals surface area contributed by atoms with Crippen molar-refractivity contribution >= 4 is 10.9 Å². The van der Waals surface area contributed by atoms with Crippen molar-refractivity contribution in [3.8, 4) is 0 Å². The van der Waals surface area contributed by atoms with Gasteiger partial charge in [-0.15, -0.1) is 0 Å². The lowest BCUT2D eigenvalue weighted by atomic mass is 10.1. The first kappa shape index (κ1) is 8.92. The summed E-state index contributed by atoms with van der Waals surface area (Å²) in [5.41, 5.74) is 3.44. The Labute approximate surface area is 87.3 Å². The van der Waals surface area contributed by atoms with Crippen LogP contribution in [-0.4, -0.2) is 11.2 Å². The molecule has 0 saturated heterocycles. The Morgan fingerprint density at radius 3 is 3.13 bits per heavy atom. The zero-order valence-corrected chi connectivity index (χ0v) is 8.59. The van der Waals surface area contributed by atoms with Crippen LogP contribution in [0.2, 0.25) is 0 Å². The van der Waals surface area contributed by atoms with Gasteiger partial charge in [0.15, 0.2) is 0 Å². The predicted molar refractivity (Wildman–Crippen MR) is 56.3 cm³/mol. The summed E-state index contributed by atoms with van der Waals surface area (Å²) < 4.78 is 20.8. The smallest absolute Gasteiger partial charge is 0.123 e. The van der Waals surface area contributed by atoms with Gasteiger partial charge in [0, 0.05) is 23.1 Å². The Kier molecular flexibility index (Phi) is 1.83. The predicted octanol–water partition coefficient (Wildman–Crippen LogP) is 2.62. The molecule has 0 fully saturated rings. The molecular formula is C12H12FNO. The molecule has 0 bridgehead atoms. The van der Waals surface area contributed by atoms with Gasteiger partial charge in [-0.2, -0.15) is 0 Å². The molecule has 0 aliphatic carbocycles. The molecule has 1 aromatic carbocycles. The highest BCUT2D eigenvalue weighted by atomic mass is 19.1. The molecule has 78 valence electrons. The first-order valence-corrected chi connectivity index (χ1v) is 5.12. The number of hydrogen-bond acceptors (Lipinski definition) is 1. The first-order valence-electron chi connectivity index (χ1n) is 5.12. The molecule has 15 heavy (non-hydrogen) atoms. The van der Waals surface area contributed by atoms with Crippen molar-refractivity contribution in [3.05, 3.63) is 35.3 Å². The molecule has 0 amide bonds. The number of nitrogens with zero attached hydrogens (tertiary/aromatic N) is 1. The fourth-order valence-corrected chi connectivity index (χ4v) is 2.31. The van der Waals surface area contributed by atoms with E-state index in [9.17, 15) is 4.39 Å². The molecule has 0 spiro atoms. The molecular weight excluding hydrogens is 193 g/mol. The van der Waals surface area contributed by atoms with Gasteiger partial charge < -0.3 is 9.30 Å². The van der Waals surface area contributed by atoms with Crippen LogP contribution in [0.15, 0.2) is 18.2 Å². The summed E-state index contributed by atoms with van der Waals surface area (Å²) >= 11 is 0. The van der Waals surface area contributed by atoms with Crippen molar-refractivity contribution in [2.75, 3.05) is 6.61 Å². The summed E-state index contributed by atoms with van der Waals surface area (Å²) in [6.45, 7) is 4.28. The Bertz CT molecular complexity index is 530. The second-order valence-corrected chi connectivity index (χ2v) is 3.94. The molecule has 0 saturated carbocycles. The zero-order valence-electron chi connectivity index (χ0n) is 8.59. The standard InChI is InChI=1S/C12H12FNO/c1-8-10-6-9(13)2-3-11(10)14-4-5-15-7-12(8)14/h2-3,6H,4-5,7H2,1H3. The summed E-state index contributed by atoms with van der Waals surface area (Å²) in [6, 6.07) is 4.98. The number of halogens is 1. The average Bonchev–Trinajstić information content (AvgIpc) is 2.54. The number of hydrogen-bond donors (Lipinski definition) is 0. The van der Waals surface area contributed by atoms with Gasteiger partial charge in [-0.1, -0.05) is 0 Å². The van der Waals surface area contributed by atoms with E-state index in [0.717, 1.165) is 29.6 Å². The van der Waals surface area contributed by atoms with E-state index in [1.54, 1.807) is 6.07 Å². The van der Waals surface area contributed by atoms with Gasteiger partial charge in [0.2, 0.25) is 0 Å². The second-order valence-electron chi connectivity index (χ2n) is 3.94. The summed E-state index contributed by atoms with van der Waals surface area (Å²) in [5, 5.41) is 1.01. The number of rotatable bonds is 0. The van der Waals surface area contributed by atoms with Gasteiger partial charge in [0.05, 0.1) is 13.2 Å². The maximum atomic E-state index is 13.1. The SMILES string of the molecule is Cc1c2n(c3ccc(F)cc13)CCOC2. The fourth-order valence-electron chi connectivity index (χ4n) is 2.31. The molecule has 1 aromatic heterocycles. The third kappa shape index (κ3) is 1.20. The van der Waals surface area contributed by atoms with Crippen LogP contribution in [0, 0.1) is 12.7 Å². The van der Waals surface area contributed by atoms with Gasteiger partial charge in [0.1, 0.15) is 5.82 Å². The molecule has 0 unspecified atom stereocenters. The van der Waals surface area contributed by atoms with Crippen LogP contribution in [0.3, 0.4) is 0 Å². The van der Waals surface area contributed by atoms with E-state index in [0.29, 0.717) is 6.61 Å². The van der Waals surface area contributed by atoms with E-state index < -0.39 is 0 Å². The largest absolute Gasteiger partial charge is 0.373 e. The van der Waals surface area contributed by atoms with E-state index in [4.69, 9.17) is 4.74 Å². The second kappa shape index (κ2) is 3.07. The molecule has 0 radical (unpaired) electrons. The minimum atomic E-state index is -0.172. The maximum absolute atomic E-state index is 13.1. The van der Waals surface area contributed by atoms with E-state index in [-0.39, 0.29) is 5.82 Å². The molecule has 3 rings (SSSR count). The van der Waals surface area contributed by atoms with Gasteiger partial charge in [-0.05, 0) is 30.7 Å². The zero-order chi connectivity index (χ0) is 10.4. The van der Waals surface area contributed by atoms with Crippen LogP contribution in [-0.2, 0) is 17.9 Å². The highest BCUT2D eigenvalue weighted by Gasteiger charge is 2.17. The van der Waals surface area contributed by atoms with Gasteiger partial charge >= 0.3 is 0 Å². The monoisotopic (exact) mass is 205 g/mol. The summed E-state index contributed by atoms with van der Waals surface area (Å²) in [6.07, 6.45) is 0. The van der Waals surface area contributed by atoms with Crippen molar-refractivity contribution < 1.29 is 9.13 Å². The van der Waals surface area contributed by atoms with Crippen molar-refractivity contribution in [2.45, 2.75) is 20.1 Å². The summed E-state index contributed by atoms with van der Waals surface area (Å²) in [4.78, 5) is 0. The highest BCUT2D eigenvalue weighted by molar-refractivity contribution is 5.85. The lowest BCUT2D eigenvalue weighted by Crippen LogP contribution is -2.16. The van der Waals surface area contributed by atoms with Crippen LogP contribution < -0.4 is 0 Å². The van der Waals surface area contributed by atoms with Crippen molar-refractivity contribution in [2.24, 2.45) is 0 Å². The van der Waals surface area contributed by atoms with Crippen LogP contribution in [0.4, 0.5) is 4.39 Å². The Balaban J connectivity index is 2.38. The molecule has 2 nitrogen and oxygen atoms in total. The van der Waals surface area contributed by atoms with Gasteiger partial charge in [0.25, 0.3) is 0 Å². The fraction of sp³-hybridized carbons (Fsp3) is 0.333. The number of aryl methyl sites for hydroxylation is 1. The normalized spacial score (nSPS) is 15.6. The maximum Gasteiger partial charge on any atom is 0.123 e. The molecule has 2 aromatic rings. The highest BCUT2D eigenvalue weighted by Crippen LogP contribution is 2.28. The first-order chi connectivity index (χ1) is 7.27. The van der Waals surface area contributed by atoms with Crippen LogP contribution in [0.5, 0.6) is 0 Å². The van der Waals surface area contributed by atoms with Crippen molar-refractivity contribution in [3.63, 3.8) is 0 Å². The Morgan fingerprint density at radius 2 is 2.27 bits per heavy atom. The van der Waals surface area contributed by atoms with Crippen LogP contribution in [0.25, 0.3) is 10.9 Å². The van der Waals surface area contributed by atoms with E-state index in [2.05, 4.69) is 4.57 Å². The van der Waals surface area contributed by atoms with Crippen LogP contribution >= 0.6 is 0 Å². The number of benzene rings is 1. The molecule has 2 heterocycles. The molecule has 3 heteroatoms. The minimum absolute atomic E-state index is 0.172. The van der Waals surface area contributed by atoms with Crippen LogP contribution in [0.1, 0.15) is 11.3 Å². The molecule has 1 aliphatic rings. The summed E-state index contributed by atoms with van der Waals surface area (Å²) in [5.74, 6) is -0.172. The van der Waals surface area contributed by atoms with E-state index in [1.165, 1.54) is 11.8 Å². The quantitative estimate of drug-likeness (QED) is 0.644. The third-order valence-corrected chi connectivity index (χ3v) is 3.11. The minimum Gasteiger partial charge on any atom is -0.373 e. The topological polar surface area (TPSA) is 14.2 Å². The van der Waals surface area contributed by atoms with Crippen molar-refractivity contribution in [1.29, 1.82) is 0 Å². The molecule has 1 aliphatic heterocycles. The summed E-state index contributed by atoms with van der Waals surface area (Å²) in [7, 11) is 0. The number of ether oxygens (including phenoxy) is 1. The Morgan fingerprint density at radius 1 is 1.40 bits per heavy atom. The lowest BCUT2D eigenvalue weighted by molar-refractivity contribution is 0.0860. The molecule has 0 N–H and O–H groups in total. The van der Waals surface area contributed by atoms with Crippen molar-refractivity contribution in [1.82, 2.24) is 4.57 Å². The number of fused-ring (bicyclic) bond motifs is 3. The number of aromatic nitrogens is 1. The van der Waals surface area contributed by atoms with Gasteiger partial charge in [-0.3, -0.25) is 0 Å². The van der Waals surface area contributed by atoms with Gasteiger partial charge in [-0.25, -0.2) is 4.39 Å². The van der Waals surface area contributed by atoms with E-state index in [1.807, 2.05) is 13.0 Å². The molecule has 0 atom stereocenters. The third-order valence-electron chi connectivity index (χ3n) is 3.11. The Hall–Kier alpha value is -1.35.